The lowest BCUT2D eigenvalue weighted by atomic mass is 10.0. The zero-order chi connectivity index (χ0) is 14.9. The maximum atomic E-state index is 10.8. The molecule has 20 heavy (non-hydrogen) atoms. The SMILES string of the molecule is Cc1ccc2c(C(=S)N(C)CC(=O)O)cccc2c1Br. The second-order valence-electron chi connectivity index (χ2n) is 4.65. The van der Waals surface area contributed by atoms with Gasteiger partial charge in [0.05, 0.1) is 0 Å². The van der Waals surface area contributed by atoms with Crippen LogP contribution in [0.25, 0.3) is 10.8 Å². The van der Waals surface area contributed by atoms with E-state index in [-0.39, 0.29) is 6.54 Å². The van der Waals surface area contributed by atoms with E-state index >= 15 is 0 Å². The number of carboxylic acid groups (broad SMARTS) is 1. The van der Waals surface area contributed by atoms with Crippen molar-refractivity contribution in [3.05, 3.63) is 45.9 Å². The predicted octanol–water partition coefficient (Wildman–Crippen LogP) is 3.60. The van der Waals surface area contributed by atoms with Crippen LogP contribution in [0.4, 0.5) is 0 Å². The van der Waals surface area contributed by atoms with Gasteiger partial charge in [0.2, 0.25) is 0 Å². The normalized spacial score (nSPS) is 10.6. The number of halogens is 1. The van der Waals surface area contributed by atoms with Crippen LogP contribution in [0.2, 0.25) is 0 Å². The molecule has 2 rings (SSSR count). The van der Waals surface area contributed by atoms with E-state index in [1.165, 1.54) is 0 Å². The number of thiocarbonyl (C=S) groups is 1. The molecule has 0 radical (unpaired) electrons. The summed E-state index contributed by atoms with van der Waals surface area (Å²) in [4.78, 5) is 12.9. The van der Waals surface area contributed by atoms with Gasteiger partial charge in [-0.25, -0.2) is 0 Å². The van der Waals surface area contributed by atoms with Crippen molar-refractivity contribution in [1.29, 1.82) is 0 Å². The molecule has 3 nitrogen and oxygen atoms in total. The molecule has 5 heteroatoms. The smallest absolute Gasteiger partial charge is 0.323 e. The Kier molecular flexibility index (Phi) is 4.40. The van der Waals surface area contributed by atoms with Gasteiger partial charge in [-0.05, 0) is 39.2 Å². The number of carbonyl (C=O) groups is 1. The molecule has 0 fully saturated rings. The van der Waals surface area contributed by atoms with Crippen LogP contribution in [0.5, 0.6) is 0 Å². The molecular formula is C15H14BrNO2S. The van der Waals surface area contributed by atoms with Crippen molar-refractivity contribution in [3.8, 4) is 0 Å². The summed E-state index contributed by atoms with van der Waals surface area (Å²) >= 11 is 9.00. The minimum absolute atomic E-state index is 0.109. The van der Waals surface area contributed by atoms with Crippen LogP contribution in [0.1, 0.15) is 11.1 Å². The minimum atomic E-state index is -0.896. The van der Waals surface area contributed by atoms with Crippen LogP contribution in [0, 0.1) is 6.92 Å². The highest BCUT2D eigenvalue weighted by molar-refractivity contribution is 9.10. The van der Waals surface area contributed by atoms with Gasteiger partial charge in [0.15, 0.2) is 0 Å². The topological polar surface area (TPSA) is 40.5 Å². The molecule has 0 aliphatic rings. The zero-order valence-electron chi connectivity index (χ0n) is 11.2. The van der Waals surface area contributed by atoms with Crippen molar-refractivity contribution in [1.82, 2.24) is 4.90 Å². The van der Waals surface area contributed by atoms with Gasteiger partial charge in [0.1, 0.15) is 11.5 Å². The Balaban J connectivity index is 2.53. The highest BCUT2D eigenvalue weighted by Crippen LogP contribution is 2.30. The first kappa shape index (κ1) is 14.9. The maximum absolute atomic E-state index is 10.8. The van der Waals surface area contributed by atoms with Crippen molar-refractivity contribution >= 4 is 49.9 Å². The zero-order valence-corrected chi connectivity index (χ0v) is 13.6. The third-order valence-corrected chi connectivity index (χ3v) is 4.72. The van der Waals surface area contributed by atoms with Crippen molar-refractivity contribution in [2.24, 2.45) is 0 Å². The van der Waals surface area contributed by atoms with Gasteiger partial charge in [-0.1, -0.05) is 42.5 Å². The fourth-order valence-electron chi connectivity index (χ4n) is 2.10. The van der Waals surface area contributed by atoms with E-state index in [1.807, 2.05) is 37.3 Å². The maximum Gasteiger partial charge on any atom is 0.323 e. The summed E-state index contributed by atoms with van der Waals surface area (Å²) in [5, 5.41) is 11.0. The first-order valence-corrected chi connectivity index (χ1v) is 7.27. The van der Waals surface area contributed by atoms with E-state index in [2.05, 4.69) is 15.9 Å². The number of hydrogen-bond acceptors (Lipinski definition) is 2. The number of fused-ring (bicyclic) bond motifs is 1. The molecule has 0 amide bonds. The van der Waals surface area contributed by atoms with Gasteiger partial charge in [0.25, 0.3) is 0 Å². The van der Waals surface area contributed by atoms with Crippen LogP contribution in [-0.2, 0) is 4.79 Å². The number of nitrogens with zero attached hydrogens (tertiary/aromatic N) is 1. The summed E-state index contributed by atoms with van der Waals surface area (Å²) in [7, 11) is 1.69. The largest absolute Gasteiger partial charge is 0.480 e. The molecule has 0 aliphatic carbocycles. The number of aliphatic carboxylic acids is 1. The fraction of sp³-hybridized carbons (Fsp3) is 0.200. The number of aryl methyl sites for hydroxylation is 1. The molecule has 2 aromatic carbocycles. The molecule has 0 heterocycles. The van der Waals surface area contributed by atoms with Gasteiger partial charge >= 0.3 is 5.97 Å². The van der Waals surface area contributed by atoms with E-state index in [1.54, 1.807) is 11.9 Å². The Hall–Kier alpha value is -1.46. The molecular weight excluding hydrogens is 338 g/mol. The van der Waals surface area contributed by atoms with Crippen molar-refractivity contribution in [2.45, 2.75) is 6.92 Å². The lowest BCUT2D eigenvalue weighted by Gasteiger charge is -2.19. The molecule has 0 spiro atoms. The van der Waals surface area contributed by atoms with Crippen LogP contribution in [0.3, 0.4) is 0 Å². The molecule has 0 bridgehead atoms. The molecule has 2 aromatic rings. The third kappa shape index (κ3) is 2.83. The van der Waals surface area contributed by atoms with Crippen molar-refractivity contribution in [3.63, 3.8) is 0 Å². The van der Waals surface area contributed by atoms with Crippen molar-refractivity contribution < 1.29 is 9.90 Å². The standard InChI is InChI=1S/C15H14BrNO2S/c1-9-6-7-10-11(14(9)16)4-3-5-12(10)15(20)17(2)8-13(18)19/h3-7H,8H2,1-2H3,(H,18,19). The molecule has 0 saturated heterocycles. The Morgan fingerprint density at radius 2 is 2.00 bits per heavy atom. The van der Waals surface area contributed by atoms with Crippen LogP contribution < -0.4 is 0 Å². The summed E-state index contributed by atoms with van der Waals surface area (Å²) in [5.41, 5.74) is 2.03. The lowest BCUT2D eigenvalue weighted by Crippen LogP contribution is -2.31. The van der Waals surface area contributed by atoms with Gasteiger partial charge in [-0.3, -0.25) is 4.79 Å². The number of benzene rings is 2. The number of hydrogen-bond donors (Lipinski definition) is 1. The van der Waals surface area contributed by atoms with E-state index in [0.29, 0.717) is 4.99 Å². The first-order chi connectivity index (χ1) is 9.41. The Bertz CT molecular complexity index is 700. The second kappa shape index (κ2) is 5.89. The summed E-state index contributed by atoms with van der Waals surface area (Å²) in [6, 6.07) is 9.92. The Labute approximate surface area is 131 Å². The number of likely N-dealkylation sites (N-methyl/N-ethyl adjacent to an activating group) is 1. The molecule has 0 unspecified atom stereocenters. The average Bonchev–Trinajstić information content (AvgIpc) is 2.41. The van der Waals surface area contributed by atoms with Crippen LogP contribution in [-0.4, -0.2) is 34.6 Å². The fourth-order valence-corrected chi connectivity index (χ4v) is 2.82. The van der Waals surface area contributed by atoms with E-state index in [4.69, 9.17) is 17.3 Å². The lowest BCUT2D eigenvalue weighted by molar-refractivity contribution is -0.137. The minimum Gasteiger partial charge on any atom is -0.480 e. The third-order valence-electron chi connectivity index (χ3n) is 3.14. The molecule has 0 atom stereocenters. The van der Waals surface area contributed by atoms with E-state index in [9.17, 15) is 4.79 Å². The van der Waals surface area contributed by atoms with Crippen LogP contribution in [0.15, 0.2) is 34.8 Å². The number of rotatable bonds is 3. The molecule has 104 valence electrons. The Morgan fingerprint density at radius 3 is 2.65 bits per heavy atom. The summed E-state index contributed by atoms with van der Waals surface area (Å²) in [5.74, 6) is -0.896. The van der Waals surface area contributed by atoms with Gasteiger partial charge < -0.3 is 10.0 Å². The predicted molar refractivity (Wildman–Crippen MR) is 88.4 cm³/mol. The molecule has 0 aromatic heterocycles. The van der Waals surface area contributed by atoms with E-state index in [0.717, 1.165) is 26.4 Å². The van der Waals surface area contributed by atoms with Crippen molar-refractivity contribution in [2.75, 3.05) is 13.6 Å². The molecule has 0 saturated carbocycles. The summed E-state index contributed by atoms with van der Waals surface area (Å²) in [6.07, 6.45) is 0. The molecule has 0 aliphatic heterocycles. The second-order valence-corrected chi connectivity index (χ2v) is 5.83. The average molecular weight is 352 g/mol. The first-order valence-electron chi connectivity index (χ1n) is 6.07. The van der Waals surface area contributed by atoms with Gasteiger partial charge in [0, 0.05) is 17.1 Å². The summed E-state index contributed by atoms with van der Waals surface area (Å²) in [6.45, 7) is 1.92. The number of carboxylic acids is 1. The Morgan fingerprint density at radius 1 is 1.30 bits per heavy atom. The van der Waals surface area contributed by atoms with Gasteiger partial charge in [-0.15, -0.1) is 0 Å². The van der Waals surface area contributed by atoms with E-state index < -0.39 is 5.97 Å². The highest BCUT2D eigenvalue weighted by atomic mass is 79.9. The monoisotopic (exact) mass is 351 g/mol. The highest BCUT2D eigenvalue weighted by Gasteiger charge is 2.14. The summed E-state index contributed by atoms with van der Waals surface area (Å²) < 4.78 is 1.04. The molecule has 1 N–H and O–H groups in total. The quantitative estimate of drug-likeness (QED) is 0.857. The van der Waals surface area contributed by atoms with Gasteiger partial charge in [-0.2, -0.15) is 0 Å². The van der Waals surface area contributed by atoms with Crippen LogP contribution >= 0.6 is 28.1 Å².